The van der Waals surface area contributed by atoms with Crippen LogP contribution in [0, 0.1) is 70.0 Å². The van der Waals surface area contributed by atoms with Crippen LogP contribution in [-0.2, 0) is 57.2 Å². The molecule has 336 valence electrons. The van der Waals surface area contributed by atoms with Crippen molar-refractivity contribution < 1.29 is 62.1 Å². The molecular weight excluding hydrogens is 760 g/mol. The first-order valence-electron chi connectivity index (χ1n) is 21.5. The van der Waals surface area contributed by atoms with Gasteiger partial charge in [0.25, 0.3) is 0 Å². The predicted molar refractivity (Wildman–Crippen MR) is 217 cm³/mol. The molecule has 2 saturated heterocycles. The molecule has 6 aliphatic rings. The maximum absolute atomic E-state index is 12.8. The summed E-state index contributed by atoms with van der Waals surface area (Å²) in [5.41, 5.74) is -1.14. The first kappa shape index (κ1) is 48.4. The van der Waals surface area contributed by atoms with Gasteiger partial charge in [0.1, 0.15) is 42.5 Å². The number of quaternary nitrogens is 1. The molecule has 1 N–H and O–H groups in total. The Morgan fingerprint density at radius 2 is 0.966 bits per heavy atom. The van der Waals surface area contributed by atoms with E-state index in [0.717, 1.165) is 30.6 Å². The van der Waals surface area contributed by atoms with Gasteiger partial charge in [-0.3, -0.25) is 28.8 Å². The van der Waals surface area contributed by atoms with Crippen molar-refractivity contribution in [1.82, 2.24) is 4.90 Å². The number of ether oxygens (including phenoxy) is 6. The van der Waals surface area contributed by atoms with E-state index in [0.29, 0.717) is 24.9 Å². The van der Waals surface area contributed by atoms with Crippen molar-refractivity contribution in [3.05, 3.63) is 0 Å². The second-order valence-corrected chi connectivity index (χ2v) is 19.9. The lowest BCUT2D eigenvalue weighted by molar-refractivity contribution is -0.861. The van der Waals surface area contributed by atoms with Crippen molar-refractivity contribution in [2.45, 2.75) is 139 Å². The fourth-order valence-electron chi connectivity index (χ4n) is 13.5. The van der Waals surface area contributed by atoms with E-state index in [-0.39, 0.29) is 115 Å². The van der Waals surface area contributed by atoms with Gasteiger partial charge in [-0.15, -0.1) is 0 Å². The Kier molecular flexibility index (Phi) is 15.1. The highest BCUT2D eigenvalue weighted by molar-refractivity contribution is 5.77. The van der Waals surface area contributed by atoms with Crippen LogP contribution >= 0.6 is 0 Å². The standard InChI is InChI=1S/2C22H35NO6.CH4/c2*1-11-8-16-18(15(10-23(6)7)21(26)29-16)20(28-14(4)25)22(5)17(27-13(3)24)9-12(2)19(11)22;/h2*11-12,15-20H,8-10H2,1-7H3;1H4/p+1/t2*11-,12+,15-,16+,17+,18-,19-,20+,22-;/m11./s1. The summed E-state index contributed by atoms with van der Waals surface area (Å²) in [6.07, 6.45) is 0.565. The molecule has 4 aliphatic carbocycles. The van der Waals surface area contributed by atoms with E-state index in [4.69, 9.17) is 28.4 Å². The summed E-state index contributed by atoms with van der Waals surface area (Å²) in [5.74, 6) is -1.55. The average molecular weight is 836 g/mol. The monoisotopic (exact) mass is 836 g/mol. The van der Waals surface area contributed by atoms with Gasteiger partial charge in [-0.25, -0.2) is 0 Å². The van der Waals surface area contributed by atoms with Crippen molar-refractivity contribution >= 4 is 35.8 Å². The molecule has 0 aromatic carbocycles. The van der Waals surface area contributed by atoms with Gasteiger partial charge in [0.15, 0.2) is 0 Å². The van der Waals surface area contributed by atoms with Gasteiger partial charge >= 0.3 is 35.8 Å². The van der Waals surface area contributed by atoms with Gasteiger partial charge in [0.2, 0.25) is 0 Å². The van der Waals surface area contributed by atoms with Gasteiger partial charge < -0.3 is 38.2 Å². The van der Waals surface area contributed by atoms with Crippen LogP contribution in [0.2, 0.25) is 0 Å². The van der Waals surface area contributed by atoms with Crippen LogP contribution < -0.4 is 4.90 Å². The van der Waals surface area contributed by atoms with Gasteiger partial charge in [-0.2, -0.15) is 0 Å². The van der Waals surface area contributed by atoms with E-state index in [9.17, 15) is 28.8 Å². The molecular formula is C45H75N2O12+. The summed E-state index contributed by atoms with van der Waals surface area (Å²) in [6, 6.07) is 0. The first-order chi connectivity index (χ1) is 26.9. The highest BCUT2D eigenvalue weighted by Gasteiger charge is 2.69. The topological polar surface area (TPSA) is 165 Å². The summed E-state index contributed by atoms with van der Waals surface area (Å²) < 4.78 is 35.3. The van der Waals surface area contributed by atoms with E-state index in [1.54, 1.807) is 0 Å². The minimum absolute atomic E-state index is 0. The molecule has 0 bridgehead atoms. The van der Waals surface area contributed by atoms with Gasteiger partial charge in [-0.05, 0) is 75.3 Å². The van der Waals surface area contributed by atoms with Crippen LogP contribution in [0.5, 0.6) is 0 Å². The maximum atomic E-state index is 12.8. The smallest absolute Gasteiger partial charge is 0.315 e. The SMILES string of the molecule is C.CC(=O)O[C@H]1C[C@H](C)[C@H]2[C@H](C)C[C@@H]3OC(=O)[C@H](CN(C)C)[C@H]3[C@H](OC(C)=O)[C@@]21C.CC(=O)O[C@H]1C[C@H](C)[C@H]2[C@H](C)C[C@@H]3OC(=O)[C@H](C[NH+](C)C)[C@H]3[C@H](OC(C)=O)[C@@]21C. The zero-order chi connectivity index (χ0) is 43.3. The summed E-state index contributed by atoms with van der Waals surface area (Å²) in [7, 11) is 7.85. The maximum Gasteiger partial charge on any atom is 0.315 e. The number of rotatable bonds is 8. The lowest BCUT2D eigenvalue weighted by Crippen LogP contribution is -3.06. The quantitative estimate of drug-likeness (QED) is 0.278. The number of hydrogen-bond acceptors (Lipinski definition) is 13. The summed E-state index contributed by atoms with van der Waals surface area (Å²) in [4.78, 5) is 76.8. The largest absolute Gasteiger partial charge is 0.462 e. The molecule has 0 unspecified atom stereocenters. The molecule has 14 nitrogen and oxygen atoms in total. The third-order valence-electron chi connectivity index (χ3n) is 14.9. The molecule has 4 saturated carbocycles. The van der Waals surface area contributed by atoms with E-state index in [1.165, 1.54) is 27.7 Å². The number of carbonyl (C=O) groups excluding carboxylic acids is 6. The van der Waals surface area contributed by atoms with Crippen molar-refractivity contribution in [2.75, 3.05) is 41.3 Å². The van der Waals surface area contributed by atoms with E-state index in [2.05, 4.69) is 41.5 Å². The number of esters is 6. The predicted octanol–water partition coefficient (Wildman–Crippen LogP) is 3.76. The molecule has 0 spiro atoms. The van der Waals surface area contributed by atoms with Crippen LogP contribution in [0.1, 0.15) is 102 Å². The van der Waals surface area contributed by atoms with Crippen molar-refractivity contribution in [1.29, 1.82) is 0 Å². The molecule has 2 heterocycles. The highest BCUT2D eigenvalue weighted by Crippen LogP contribution is 2.62. The van der Waals surface area contributed by atoms with E-state index in [1.807, 2.05) is 33.1 Å². The Bertz CT molecular complexity index is 1470. The number of carbonyl (C=O) groups is 6. The first-order valence-corrected chi connectivity index (χ1v) is 21.5. The second-order valence-electron chi connectivity index (χ2n) is 19.9. The summed E-state index contributed by atoms with van der Waals surface area (Å²) in [5, 5.41) is 0. The number of nitrogens with zero attached hydrogens (tertiary/aromatic N) is 1. The minimum Gasteiger partial charge on any atom is -0.462 e. The number of hydrogen-bond donors (Lipinski definition) is 1. The van der Waals surface area contributed by atoms with Crippen LogP contribution in [0.3, 0.4) is 0 Å². The normalized spacial score (nSPS) is 43.2. The van der Waals surface area contributed by atoms with E-state index >= 15 is 0 Å². The Balaban J connectivity index is 0.000000256. The Hall–Kier alpha value is -3.26. The molecule has 0 radical (unpaired) electrons. The zero-order valence-electron chi connectivity index (χ0n) is 37.3. The molecule has 14 heteroatoms. The molecule has 18 atom stereocenters. The molecule has 0 aromatic rings. The Morgan fingerprint density at radius 1 is 0.627 bits per heavy atom. The molecule has 59 heavy (non-hydrogen) atoms. The Morgan fingerprint density at radius 3 is 1.31 bits per heavy atom. The van der Waals surface area contributed by atoms with E-state index < -0.39 is 23.0 Å². The third kappa shape index (κ3) is 9.19. The average Bonchev–Trinajstić information content (AvgIpc) is 3.66. The van der Waals surface area contributed by atoms with Crippen LogP contribution in [0.15, 0.2) is 0 Å². The molecule has 0 aromatic heterocycles. The molecule has 6 rings (SSSR count). The van der Waals surface area contributed by atoms with Crippen LogP contribution in [0.25, 0.3) is 0 Å². The summed E-state index contributed by atoms with van der Waals surface area (Å²) >= 11 is 0. The zero-order valence-corrected chi connectivity index (χ0v) is 37.3. The van der Waals surface area contributed by atoms with Crippen LogP contribution in [0.4, 0.5) is 0 Å². The lowest BCUT2D eigenvalue weighted by atomic mass is 9.65. The minimum atomic E-state index is -0.575. The highest BCUT2D eigenvalue weighted by atomic mass is 16.6. The molecule has 2 aliphatic heterocycles. The second kappa shape index (κ2) is 18.4. The number of fused-ring (bicyclic) bond motifs is 4. The summed E-state index contributed by atoms with van der Waals surface area (Å²) in [6.45, 7) is 19.7. The van der Waals surface area contributed by atoms with Crippen molar-refractivity contribution in [2.24, 2.45) is 70.0 Å². The van der Waals surface area contributed by atoms with Crippen LogP contribution in [-0.4, -0.2) is 119 Å². The molecule has 0 amide bonds. The van der Waals surface area contributed by atoms with Gasteiger partial charge in [0, 0.05) is 51.0 Å². The third-order valence-corrected chi connectivity index (χ3v) is 14.9. The van der Waals surface area contributed by atoms with Crippen molar-refractivity contribution in [3.63, 3.8) is 0 Å². The van der Waals surface area contributed by atoms with Gasteiger partial charge in [-0.1, -0.05) is 49.0 Å². The van der Waals surface area contributed by atoms with Gasteiger partial charge in [0.05, 0.1) is 32.5 Å². The fraction of sp³-hybridized carbons (Fsp3) is 0.867. The fourth-order valence-corrected chi connectivity index (χ4v) is 13.5. The van der Waals surface area contributed by atoms with Crippen molar-refractivity contribution in [3.8, 4) is 0 Å². The molecule has 6 fully saturated rings. The number of nitrogens with one attached hydrogen (secondary N) is 1. The Labute approximate surface area is 352 Å². The lowest BCUT2D eigenvalue weighted by Gasteiger charge is -2.45.